The number of nitriles is 1. The summed E-state index contributed by atoms with van der Waals surface area (Å²) < 4.78 is 62.1. The first kappa shape index (κ1) is 40.7. The summed E-state index contributed by atoms with van der Waals surface area (Å²) in [6, 6.07) is 9.03. The fraction of sp³-hybridized carbons (Fsp3) is 0.415. The number of ether oxygens (including phenoxy) is 1. The maximum atomic E-state index is 14.1. The van der Waals surface area contributed by atoms with Crippen LogP contribution in [0, 0.1) is 35.5 Å². The Bertz CT molecular complexity index is 2790. The number of aromatic nitrogens is 4. The normalized spacial score (nSPS) is 18.1. The number of anilines is 1. The summed E-state index contributed by atoms with van der Waals surface area (Å²) in [5.41, 5.74) is 1.71. The lowest BCUT2D eigenvalue weighted by Gasteiger charge is -2.46. The number of likely N-dealkylation sites (tertiary alicyclic amines) is 1. The number of benzene rings is 1. The Balaban J connectivity index is 1.05. The van der Waals surface area contributed by atoms with Gasteiger partial charge in [-0.25, -0.2) is 31.9 Å². The minimum atomic E-state index is -3.95. The van der Waals surface area contributed by atoms with Crippen molar-refractivity contribution < 1.29 is 26.7 Å². The van der Waals surface area contributed by atoms with Gasteiger partial charge >= 0.3 is 0 Å². The van der Waals surface area contributed by atoms with Crippen molar-refractivity contribution in [2.75, 3.05) is 44.0 Å². The summed E-state index contributed by atoms with van der Waals surface area (Å²) in [5.74, 6) is 3.38. The molecule has 3 fully saturated rings. The smallest absolute Gasteiger partial charge is 0.267 e. The van der Waals surface area contributed by atoms with Gasteiger partial charge in [0.15, 0.2) is 0 Å². The lowest BCUT2D eigenvalue weighted by atomic mass is 9.85. The van der Waals surface area contributed by atoms with Crippen molar-refractivity contribution in [1.82, 2.24) is 29.1 Å². The van der Waals surface area contributed by atoms with Crippen LogP contribution in [0.1, 0.15) is 59.9 Å². The minimum absolute atomic E-state index is 0.000828. The average Bonchev–Trinajstić information content (AvgIpc) is 3.62. The number of carbonyl (C=O) groups excluding carboxylic acids is 1. The molecule has 8 rings (SSSR count). The van der Waals surface area contributed by atoms with Crippen molar-refractivity contribution in [3.8, 4) is 29.0 Å². The first-order valence-corrected chi connectivity index (χ1v) is 21.9. The van der Waals surface area contributed by atoms with Crippen LogP contribution in [-0.4, -0.2) is 95.9 Å². The number of sulfonamides is 1. The van der Waals surface area contributed by atoms with E-state index >= 15 is 0 Å². The number of halogens is 3. The summed E-state index contributed by atoms with van der Waals surface area (Å²) in [6.45, 7) is 5.33. The Morgan fingerprint density at radius 1 is 1.17 bits per heavy atom. The van der Waals surface area contributed by atoms with Crippen LogP contribution < -0.4 is 15.2 Å². The molecule has 5 aromatic rings. The third-order valence-corrected chi connectivity index (χ3v) is 14.2. The molecular weight excluding hydrogens is 822 g/mol. The Kier molecular flexibility index (Phi) is 10.7. The van der Waals surface area contributed by atoms with Crippen molar-refractivity contribution in [3.63, 3.8) is 0 Å². The number of hydrogen-bond acceptors (Lipinski definition) is 12. The lowest BCUT2D eigenvalue weighted by molar-refractivity contribution is -0.127. The Morgan fingerprint density at radius 2 is 1.92 bits per heavy atom. The van der Waals surface area contributed by atoms with Gasteiger partial charge in [0.05, 0.1) is 58.4 Å². The zero-order valence-corrected chi connectivity index (χ0v) is 34.8. The average molecular weight is 861 g/mol. The van der Waals surface area contributed by atoms with E-state index in [1.165, 1.54) is 28.3 Å². The molecule has 0 unspecified atom stereocenters. The largest absolute Gasteiger partial charge is 0.380 e. The molecule has 18 heteroatoms. The van der Waals surface area contributed by atoms with Crippen molar-refractivity contribution in [2.45, 2.75) is 64.1 Å². The van der Waals surface area contributed by atoms with Gasteiger partial charge in [-0.2, -0.15) is 5.26 Å². The zero-order chi connectivity index (χ0) is 41.9. The van der Waals surface area contributed by atoms with Gasteiger partial charge in [-0.1, -0.05) is 30.4 Å². The summed E-state index contributed by atoms with van der Waals surface area (Å²) >= 11 is 7.71. The summed E-state index contributed by atoms with van der Waals surface area (Å²) in [5, 5.41) is 12.5. The van der Waals surface area contributed by atoms with Crippen LogP contribution >= 0.6 is 22.9 Å². The summed E-state index contributed by atoms with van der Waals surface area (Å²) in [7, 11) is -2.11. The maximum absolute atomic E-state index is 14.1. The number of fused-ring (bicyclic) bond motifs is 2. The number of hydrogen-bond donors (Lipinski definition) is 1. The molecule has 306 valence electrons. The molecule has 59 heavy (non-hydrogen) atoms. The van der Waals surface area contributed by atoms with Gasteiger partial charge in [0.25, 0.3) is 17.4 Å². The molecular formula is C41H39ClF2N8O5S2. The third kappa shape index (κ3) is 8.02. The Hall–Kier alpha value is -5.04. The molecule has 2 aliphatic heterocycles. The van der Waals surface area contributed by atoms with Crippen LogP contribution in [-0.2, 0) is 21.3 Å². The van der Waals surface area contributed by atoms with E-state index in [2.05, 4.69) is 42.5 Å². The second-order valence-corrected chi connectivity index (χ2v) is 18.9. The molecule has 13 nitrogen and oxygen atoms in total. The van der Waals surface area contributed by atoms with Crippen LogP contribution in [0.5, 0.6) is 0 Å². The topological polar surface area (TPSA) is 163 Å². The van der Waals surface area contributed by atoms with Gasteiger partial charge in [-0.3, -0.25) is 24.0 Å². The number of amides is 1. The molecule has 6 heterocycles. The molecule has 1 aliphatic carbocycles. The molecule has 1 amide bonds. The van der Waals surface area contributed by atoms with E-state index in [0.717, 1.165) is 0 Å². The number of nitrogens with one attached hydrogen (secondary N) is 1. The highest BCUT2D eigenvalue weighted by Crippen LogP contribution is 2.42. The first-order valence-electron chi connectivity index (χ1n) is 19.0. The second-order valence-electron chi connectivity index (χ2n) is 15.8. The highest BCUT2D eigenvalue weighted by atomic mass is 35.5. The predicted octanol–water partition coefficient (Wildman–Crippen LogP) is 5.75. The number of thiophene rings is 1. The number of piperidine rings is 1. The first-order chi connectivity index (χ1) is 28.1. The predicted molar refractivity (Wildman–Crippen MR) is 221 cm³/mol. The van der Waals surface area contributed by atoms with Crippen LogP contribution in [0.3, 0.4) is 0 Å². The van der Waals surface area contributed by atoms with Gasteiger partial charge in [-0.15, -0.1) is 11.3 Å². The van der Waals surface area contributed by atoms with Crippen LogP contribution in [0.2, 0.25) is 5.02 Å². The molecule has 0 bridgehead atoms. The number of carbonyl (C=O) groups is 1. The van der Waals surface area contributed by atoms with Crippen LogP contribution in [0.4, 0.5) is 14.6 Å². The van der Waals surface area contributed by atoms with Crippen molar-refractivity contribution >= 4 is 65.8 Å². The number of nitrogens with zero attached hydrogens (tertiary/aromatic N) is 7. The highest BCUT2D eigenvalue weighted by Gasteiger charge is 2.48. The lowest BCUT2D eigenvalue weighted by Crippen LogP contribution is -2.55. The van der Waals surface area contributed by atoms with E-state index in [9.17, 15) is 32.0 Å². The molecule has 3 aliphatic rings. The standard InChI is InChI=1S/C41H39ClF2N8O5S2/c1-24-48-33-19-47-37(50(3)27-9-13-51(14-10-27)28-16-41(43,44)17-28)31(18-45)34(33)39(54)52(24)12-4-5-25-6-7-26(42)15-30(25)29-8-11-46-35-32(20-58-36(29)35)38(53)49-59(55,56)23-40(2)21-57-22-40/h6-8,11,15,19-20,27-28H,9-10,12-14,16-17,21-23H2,1-3H3,(H,49,53). The summed E-state index contributed by atoms with van der Waals surface area (Å²) in [4.78, 5) is 45.0. The third-order valence-electron chi connectivity index (χ3n) is 11.4. The molecule has 1 aromatic carbocycles. The van der Waals surface area contributed by atoms with Crippen molar-refractivity contribution in [1.29, 1.82) is 5.26 Å². The zero-order valence-electron chi connectivity index (χ0n) is 32.4. The molecule has 0 atom stereocenters. The van der Waals surface area contributed by atoms with Gasteiger partial charge in [0, 0.05) is 83.8 Å². The molecule has 2 saturated heterocycles. The van der Waals surface area contributed by atoms with E-state index in [1.54, 1.807) is 43.5 Å². The highest BCUT2D eigenvalue weighted by molar-refractivity contribution is 7.90. The number of pyridine rings is 2. The fourth-order valence-electron chi connectivity index (χ4n) is 8.16. The Morgan fingerprint density at radius 3 is 2.59 bits per heavy atom. The van der Waals surface area contributed by atoms with E-state index in [4.69, 9.17) is 16.3 Å². The van der Waals surface area contributed by atoms with Gasteiger partial charge in [0.1, 0.15) is 23.3 Å². The van der Waals surface area contributed by atoms with Crippen molar-refractivity contribution in [2.24, 2.45) is 5.41 Å². The molecule has 0 radical (unpaired) electrons. The van der Waals surface area contributed by atoms with E-state index in [-0.39, 0.29) is 59.3 Å². The summed E-state index contributed by atoms with van der Waals surface area (Å²) in [6.07, 6.45) is 4.22. The number of aryl methyl sites for hydroxylation is 1. The second kappa shape index (κ2) is 15.5. The molecule has 1 N–H and O–H groups in total. The molecule has 0 spiro atoms. The van der Waals surface area contributed by atoms with Gasteiger partial charge in [-0.05, 0) is 44.0 Å². The van der Waals surface area contributed by atoms with Crippen molar-refractivity contribution in [3.05, 3.63) is 79.9 Å². The quantitative estimate of drug-likeness (QED) is 0.180. The van der Waals surface area contributed by atoms with Gasteiger partial charge in [0.2, 0.25) is 10.0 Å². The number of alkyl halides is 2. The number of rotatable bonds is 9. The van der Waals surface area contributed by atoms with Crippen LogP contribution in [0.15, 0.2) is 46.8 Å². The van der Waals surface area contributed by atoms with Gasteiger partial charge < -0.3 is 9.64 Å². The maximum Gasteiger partial charge on any atom is 0.267 e. The molecule has 1 saturated carbocycles. The van der Waals surface area contributed by atoms with E-state index in [0.29, 0.717) is 82.7 Å². The monoisotopic (exact) mass is 860 g/mol. The molecule has 4 aromatic heterocycles. The van der Waals surface area contributed by atoms with Crippen LogP contribution in [0.25, 0.3) is 32.2 Å². The fourth-order valence-corrected chi connectivity index (χ4v) is 10.9. The SMILES string of the molecule is Cc1nc2cnc(N(C)C3CCN(C4CC(F)(F)C4)CC3)c(C#N)c2c(=O)n1CC#Cc1ccc(Cl)cc1-c1ccnc2c(C(=O)NS(=O)(=O)CC3(C)COC3)csc12. The minimum Gasteiger partial charge on any atom is -0.380 e. The Labute approximate surface area is 348 Å². The van der Waals surface area contributed by atoms with E-state index in [1.807, 2.05) is 11.9 Å². The van der Waals surface area contributed by atoms with E-state index < -0.39 is 32.8 Å².